The minimum atomic E-state index is -3.67. The number of hydrogen-bond donors (Lipinski definition) is 0. The van der Waals surface area contributed by atoms with E-state index in [0.717, 1.165) is 57.6 Å². The Morgan fingerprint density at radius 3 is 1.83 bits per heavy atom. The zero-order valence-corrected chi connectivity index (χ0v) is 26.8. The second kappa shape index (κ2) is 10.5. The molecule has 2 aliphatic rings. The topological polar surface area (TPSA) is 37.4 Å². The molecule has 4 heteroatoms. The molecule has 0 saturated heterocycles. The zero-order chi connectivity index (χ0) is 31.7. The molecule has 0 amide bonds. The molecule has 0 bridgehead atoms. The van der Waals surface area contributed by atoms with Crippen LogP contribution in [0.15, 0.2) is 161 Å². The van der Waals surface area contributed by atoms with Gasteiger partial charge in [0.2, 0.25) is 9.84 Å². The fraction of sp³-hybridized carbons (Fsp3) is 0.0698. The maximum absolute atomic E-state index is 14.0. The Kier molecular flexibility index (Phi) is 6.24. The Labute approximate surface area is 275 Å². The zero-order valence-electron chi connectivity index (χ0n) is 25.9. The van der Waals surface area contributed by atoms with Crippen LogP contribution in [0.4, 0.5) is 11.4 Å². The highest BCUT2D eigenvalue weighted by Crippen LogP contribution is 2.51. The third-order valence-corrected chi connectivity index (χ3v) is 11.6. The first-order valence-corrected chi connectivity index (χ1v) is 17.6. The van der Waals surface area contributed by atoms with Crippen molar-refractivity contribution in [2.45, 2.75) is 29.6 Å². The summed E-state index contributed by atoms with van der Waals surface area (Å²) in [4.78, 5) is 2.94. The monoisotopic (exact) mass is 625 g/mol. The summed E-state index contributed by atoms with van der Waals surface area (Å²) < 4.78 is 28.0. The van der Waals surface area contributed by atoms with Gasteiger partial charge in [0.1, 0.15) is 0 Å². The third kappa shape index (κ3) is 4.15. The van der Waals surface area contributed by atoms with Crippen molar-refractivity contribution in [3.05, 3.63) is 157 Å². The molecule has 3 nitrogen and oxygen atoms in total. The van der Waals surface area contributed by atoms with E-state index in [1.807, 2.05) is 18.2 Å². The SMILES string of the molecule is CCC1=CCc2cccc3c2N1c1cc(-c2ccc4c(-c5ccccc5)c5ccccc5c(-c5ccccc5)c4c2)ccc1S3(=O)=O. The van der Waals surface area contributed by atoms with Gasteiger partial charge in [-0.15, -0.1) is 0 Å². The maximum Gasteiger partial charge on any atom is 0.210 e. The van der Waals surface area contributed by atoms with Gasteiger partial charge in [0.05, 0.1) is 21.2 Å². The summed E-state index contributed by atoms with van der Waals surface area (Å²) >= 11 is 0. The number of para-hydroxylation sites is 1. The van der Waals surface area contributed by atoms with Crippen LogP contribution in [0.2, 0.25) is 0 Å². The van der Waals surface area contributed by atoms with Crippen molar-refractivity contribution in [2.75, 3.05) is 4.90 Å². The molecule has 0 atom stereocenters. The van der Waals surface area contributed by atoms with Crippen LogP contribution in [0.5, 0.6) is 0 Å². The molecular weight excluding hydrogens is 595 g/mol. The van der Waals surface area contributed by atoms with Crippen LogP contribution in [0, 0.1) is 0 Å². The molecular formula is C43H31NO2S. The van der Waals surface area contributed by atoms with E-state index >= 15 is 0 Å². The van der Waals surface area contributed by atoms with Gasteiger partial charge in [-0.2, -0.15) is 0 Å². The van der Waals surface area contributed by atoms with Crippen molar-refractivity contribution < 1.29 is 8.42 Å². The number of benzene rings is 7. The third-order valence-electron chi connectivity index (χ3n) is 9.77. The Morgan fingerprint density at radius 2 is 1.15 bits per heavy atom. The number of sulfone groups is 1. The van der Waals surface area contributed by atoms with Crippen LogP contribution in [-0.2, 0) is 16.3 Å². The van der Waals surface area contributed by atoms with Crippen molar-refractivity contribution >= 4 is 42.8 Å². The van der Waals surface area contributed by atoms with E-state index in [4.69, 9.17) is 0 Å². The summed E-state index contributed by atoms with van der Waals surface area (Å²) in [7, 11) is -3.67. The van der Waals surface area contributed by atoms with Gasteiger partial charge in [0, 0.05) is 5.70 Å². The molecule has 0 radical (unpaired) electrons. The molecule has 0 fully saturated rings. The maximum atomic E-state index is 14.0. The second-order valence-corrected chi connectivity index (χ2v) is 14.2. The van der Waals surface area contributed by atoms with Crippen LogP contribution in [0.25, 0.3) is 54.9 Å². The van der Waals surface area contributed by atoms with E-state index in [0.29, 0.717) is 9.79 Å². The fourth-order valence-electron chi connectivity index (χ4n) is 7.65. The van der Waals surface area contributed by atoms with Gasteiger partial charge in [-0.1, -0.05) is 128 Å². The molecule has 0 aromatic heterocycles. The van der Waals surface area contributed by atoms with Crippen molar-refractivity contribution in [3.63, 3.8) is 0 Å². The predicted molar refractivity (Wildman–Crippen MR) is 194 cm³/mol. The lowest BCUT2D eigenvalue weighted by Crippen LogP contribution is -2.28. The lowest BCUT2D eigenvalue weighted by molar-refractivity contribution is 0.594. The van der Waals surface area contributed by atoms with E-state index in [1.165, 1.54) is 32.8 Å². The predicted octanol–water partition coefficient (Wildman–Crippen LogP) is 11.1. The molecule has 7 aromatic carbocycles. The van der Waals surface area contributed by atoms with Crippen LogP contribution in [-0.4, -0.2) is 8.42 Å². The Hall–Kier alpha value is -5.45. The molecule has 0 N–H and O–H groups in total. The number of nitrogens with zero attached hydrogens (tertiary/aromatic N) is 1. The van der Waals surface area contributed by atoms with Gasteiger partial charge >= 0.3 is 0 Å². The highest BCUT2D eigenvalue weighted by molar-refractivity contribution is 7.92. The Bertz CT molecular complexity index is 2530. The van der Waals surface area contributed by atoms with Crippen molar-refractivity contribution in [2.24, 2.45) is 0 Å². The molecule has 0 aliphatic carbocycles. The minimum Gasteiger partial charge on any atom is -0.312 e. The van der Waals surface area contributed by atoms with Crippen LogP contribution in [0.3, 0.4) is 0 Å². The summed E-state index contributed by atoms with van der Waals surface area (Å²) in [6.07, 6.45) is 3.78. The van der Waals surface area contributed by atoms with Gasteiger partial charge < -0.3 is 4.90 Å². The number of anilines is 2. The highest BCUT2D eigenvalue weighted by Gasteiger charge is 2.38. The molecule has 226 valence electrons. The number of allylic oxidation sites excluding steroid dienone is 2. The molecule has 47 heavy (non-hydrogen) atoms. The average Bonchev–Trinajstić information content (AvgIpc) is 3.12. The van der Waals surface area contributed by atoms with Crippen LogP contribution in [0.1, 0.15) is 18.9 Å². The van der Waals surface area contributed by atoms with Crippen molar-refractivity contribution in [1.82, 2.24) is 0 Å². The number of rotatable bonds is 4. The second-order valence-electron chi connectivity index (χ2n) is 12.3. The smallest absolute Gasteiger partial charge is 0.210 e. The number of fused-ring (bicyclic) bond motifs is 4. The summed E-state index contributed by atoms with van der Waals surface area (Å²) in [6, 6.07) is 48.1. The lowest BCUT2D eigenvalue weighted by Gasteiger charge is -2.38. The van der Waals surface area contributed by atoms with Crippen LogP contribution < -0.4 is 4.90 Å². The van der Waals surface area contributed by atoms with E-state index in [-0.39, 0.29) is 0 Å². The summed E-state index contributed by atoms with van der Waals surface area (Å²) in [5.41, 5.74) is 10.5. The summed E-state index contributed by atoms with van der Waals surface area (Å²) in [6.45, 7) is 2.13. The minimum absolute atomic E-state index is 0.357. The largest absolute Gasteiger partial charge is 0.312 e. The molecule has 0 saturated carbocycles. The molecule has 9 rings (SSSR count). The summed E-state index contributed by atoms with van der Waals surface area (Å²) in [5.74, 6) is 0. The summed E-state index contributed by atoms with van der Waals surface area (Å²) in [5, 5.41) is 4.77. The normalized spacial score (nSPS) is 14.5. The van der Waals surface area contributed by atoms with E-state index in [2.05, 4.69) is 127 Å². The molecule has 2 heterocycles. The van der Waals surface area contributed by atoms with E-state index < -0.39 is 9.84 Å². The standard InChI is InChI=1S/C43H31NO2S/c1-2-33-23-20-30-16-11-19-40-43(30)44(33)38-27-32(22-25-39(38)47(40,45)46)31-21-24-36-37(26-31)42(29-14-7-4-8-15-29)35-18-10-9-17-34(35)41(36)28-12-5-3-6-13-28/h3-19,21-27H,2,20H2,1H3. The Morgan fingerprint density at radius 1 is 0.553 bits per heavy atom. The molecule has 7 aromatic rings. The van der Waals surface area contributed by atoms with Gasteiger partial charge in [-0.3, -0.25) is 0 Å². The molecule has 0 spiro atoms. The van der Waals surface area contributed by atoms with E-state index in [1.54, 1.807) is 12.1 Å². The van der Waals surface area contributed by atoms with E-state index in [9.17, 15) is 8.42 Å². The first kappa shape index (κ1) is 27.8. The van der Waals surface area contributed by atoms with Crippen LogP contribution >= 0.6 is 0 Å². The first-order valence-electron chi connectivity index (χ1n) is 16.1. The Balaban J connectivity index is 1.32. The van der Waals surface area contributed by atoms with Gasteiger partial charge in [-0.05, 0) is 97.6 Å². The molecule has 2 aliphatic heterocycles. The first-order chi connectivity index (χ1) is 23.0. The molecule has 0 unspecified atom stereocenters. The van der Waals surface area contributed by atoms with Crippen molar-refractivity contribution in [3.8, 4) is 33.4 Å². The number of hydrogen-bond acceptors (Lipinski definition) is 3. The van der Waals surface area contributed by atoms with Gasteiger partial charge in [0.25, 0.3) is 0 Å². The average molecular weight is 626 g/mol. The van der Waals surface area contributed by atoms with Crippen molar-refractivity contribution in [1.29, 1.82) is 0 Å². The lowest BCUT2D eigenvalue weighted by atomic mass is 9.85. The fourth-order valence-corrected chi connectivity index (χ4v) is 9.29. The van der Waals surface area contributed by atoms with Gasteiger partial charge in [-0.25, -0.2) is 8.42 Å². The highest BCUT2D eigenvalue weighted by atomic mass is 32.2. The van der Waals surface area contributed by atoms with Gasteiger partial charge in [0.15, 0.2) is 0 Å². The quantitative estimate of drug-likeness (QED) is 0.183.